The van der Waals surface area contributed by atoms with Crippen LogP contribution in [0.25, 0.3) is 0 Å². The second-order valence-electron chi connectivity index (χ2n) is 11.7. The van der Waals surface area contributed by atoms with Gasteiger partial charge in [-0.1, -0.05) is 12.1 Å². The van der Waals surface area contributed by atoms with Gasteiger partial charge in [0.15, 0.2) is 11.5 Å². The van der Waals surface area contributed by atoms with Crippen LogP contribution < -0.4 is 38.6 Å². The Balaban J connectivity index is 1.39. The highest BCUT2D eigenvalue weighted by molar-refractivity contribution is 7.98. The van der Waals surface area contributed by atoms with Gasteiger partial charge in [0.2, 0.25) is 11.7 Å². The molecule has 0 saturated carbocycles. The van der Waals surface area contributed by atoms with Crippen LogP contribution in [0.15, 0.2) is 71.8 Å². The third-order valence-electron chi connectivity index (χ3n) is 8.39. The number of nitrogens with one attached hydrogen (secondary N) is 1. The van der Waals surface area contributed by atoms with Crippen molar-refractivity contribution in [3.05, 3.63) is 72.4 Å². The number of benzene rings is 3. The van der Waals surface area contributed by atoms with Gasteiger partial charge in [-0.15, -0.1) is 11.8 Å². The number of thioether (sulfide) groups is 1. The number of carbonyl (C=O) groups is 1. The fraction of sp³-hybridized carbons (Fsp3) is 0.378. The predicted octanol–water partition coefficient (Wildman–Crippen LogP) is 6.20. The third kappa shape index (κ3) is 9.87. The van der Waals surface area contributed by atoms with E-state index >= 15 is 0 Å². The number of rotatable bonds is 16. The summed E-state index contributed by atoms with van der Waals surface area (Å²) in [6.07, 6.45) is 3.72. The molecule has 1 N–H and O–H groups in total. The third-order valence-corrected chi connectivity index (χ3v) is 9.17. The van der Waals surface area contributed by atoms with E-state index in [4.69, 9.17) is 33.4 Å². The van der Waals surface area contributed by atoms with Crippen LogP contribution in [0.4, 0.5) is 22.2 Å². The number of aromatic nitrogens is 2. The first-order valence-corrected chi connectivity index (χ1v) is 17.8. The van der Waals surface area contributed by atoms with Gasteiger partial charge in [-0.2, -0.15) is 4.98 Å². The second-order valence-corrected chi connectivity index (χ2v) is 12.6. The summed E-state index contributed by atoms with van der Waals surface area (Å²) in [5.41, 5.74) is 1.30. The molecule has 13 nitrogen and oxygen atoms in total. The summed E-state index contributed by atoms with van der Waals surface area (Å²) < 4.78 is 34.5. The zero-order valence-electron chi connectivity index (χ0n) is 30.0. The molecule has 1 aliphatic rings. The monoisotopic (exact) mass is 718 g/mol. The highest BCUT2D eigenvalue weighted by atomic mass is 32.2. The van der Waals surface area contributed by atoms with Gasteiger partial charge in [-0.25, -0.2) is 9.78 Å². The van der Waals surface area contributed by atoms with Crippen LogP contribution in [0.1, 0.15) is 12.0 Å². The van der Waals surface area contributed by atoms with E-state index < -0.39 is 6.09 Å². The molecule has 1 saturated heterocycles. The van der Waals surface area contributed by atoms with Gasteiger partial charge in [0.1, 0.15) is 23.1 Å². The number of likely N-dealkylation sites (N-methyl/N-ethyl adjacent to an activating group) is 1. The quantitative estimate of drug-likeness (QED) is 0.105. The van der Waals surface area contributed by atoms with Gasteiger partial charge in [-0.05, 0) is 56.1 Å². The zero-order valence-corrected chi connectivity index (χ0v) is 30.8. The highest BCUT2D eigenvalue weighted by Gasteiger charge is 2.24. The lowest BCUT2D eigenvalue weighted by Gasteiger charge is -2.32. The second kappa shape index (κ2) is 18.4. The van der Waals surface area contributed by atoms with Crippen molar-refractivity contribution in [1.82, 2.24) is 19.8 Å². The maximum Gasteiger partial charge on any atom is 0.421 e. The molecule has 51 heavy (non-hydrogen) atoms. The normalized spacial score (nSPS) is 13.3. The van der Waals surface area contributed by atoms with Crippen molar-refractivity contribution < 1.29 is 33.2 Å². The van der Waals surface area contributed by atoms with Crippen LogP contribution in [0.3, 0.4) is 0 Å². The van der Waals surface area contributed by atoms with Crippen LogP contribution in [0, 0.1) is 0 Å². The molecule has 0 atom stereocenters. The number of para-hydroxylation sites is 1. The van der Waals surface area contributed by atoms with Crippen LogP contribution in [-0.4, -0.2) is 107 Å². The van der Waals surface area contributed by atoms with Gasteiger partial charge >= 0.3 is 6.09 Å². The minimum Gasteiger partial charge on any atom is -0.497 e. The number of methoxy groups -OCH3 is 4. The van der Waals surface area contributed by atoms with Crippen molar-refractivity contribution in [2.45, 2.75) is 17.9 Å². The van der Waals surface area contributed by atoms with Gasteiger partial charge in [0, 0.05) is 67.2 Å². The van der Waals surface area contributed by atoms with Gasteiger partial charge in [0.25, 0.3) is 0 Å². The first-order chi connectivity index (χ1) is 24.8. The Labute approximate surface area is 303 Å². The summed E-state index contributed by atoms with van der Waals surface area (Å²) in [7, 11) is 8.46. The fourth-order valence-corrected chi connectivity index (χ4v) is 6.13. The molecule has 3 aromatic carbocycles. The average molecular weight is 719 g/mol. The SMILES string of the molecule is COc1ccc(OC)c(CN(C(=O)Oc2ccccc2SC)c2ccnc(Nc3cc(OC)c(OC)c(OCCCN4CCN(C)CC4)c3)n2)c1. The maximum atomic E-state index is 13.9. The van der Waals surface area contributed by atoms with E-state index in [2.05, 4.69) is 27.1 Å². The minimum atomic E-state index is -0.635. The van der Waals surface area contributed by atoms with Crippen LogP contribution in [0.2, 0.25) is 0 Å². The largest absolute Gasteiger partial charge is 0.497 e. The summed E-state index contributed by atoms with van der Waals surface area (Å²) in [6.45, 7) is 5.78. The van der Waals surface area contributed by atoms with Crippen molar-refractivity contribution in [2.24, 2.45) is 0 Å². The Kier molecular flexibility index (Phi) is 13.4. The van der Waals surface area contributed by atoms with Gasteiger partial charge in [0.05, 0.1) is 41.6 Å². The predicted molar refractivity (Wildman–Crippen MR) is 199 cm³/mol. The lowest BCUT2D eigenvalue weighted by atomic mass is 10.1. The number of nitrogens with zero attached hydrogens (tertiary/aromatic N) is 5. The lowest BCUT2D eigenvalue weighted by Crippen LogP contribution is -2.44. The number of anilines is 3. The lowest BCUT2D eigenvalue weighted by molar-refractivity contribution is 0.145. The van der Waals surface area contributed by atoms with Gasteiger partial charge in [-0.3, -0.25) is 4.90 Å². The summed E-state index contributed by atoms with van der Waals surface area (Å²) in [5, 5.41) is 3.25. The molecule has 1 fully saturated rings. The number of hydrogen-bond donors (Lipinski definition) is 1. The number of carbonyl (C=O) groups excluding carboxylic acids is 1. The summed E-state index contributed by atoms with van der Waals surface area (Å²) in [6, 6.07) is 18.0. The molecule has 2 heterocycles. The molecule has 4 aromatic rings. The van der Waals surface area contributed by atoms with Crippen molar-refractivity contribution in [1.29, 1.82) is 0 Å². The molecule has 0 radical (unpaired) electrons. The van der Waals surface area contributed by atoms with E-state index in [0.29, 0.717) is 58.2 Å². The number of piperazine rings is 1. The molecule has 5 rings (SSSR count). The van der Waals surface area contributed by atoms with E-state index in [1.807, 2.05) is 36.6 Å². The molecule has 0 bridgehead atoms. The minimum absolute atomic E-state index is 0.0690. The molecule has 0 spiro atoms. The Morgan fingerprint density at radius 2 is 1.65 bits per heavy atom. The standard InChI is InChI=1S/C37H46N6O7S/c1-41-17-19-42(20-18-41)16-9-21-49-32-24-27(23-31(47-4)35(32)48-5)39-36-38-15-14-34(40-36)43(25-26-22-28(45-2)12-13-29(26)46-3)37(44)50-30-10-7-8-11-33(30)51-6/h7-8,10-15,22-24H,9,16-21,25H2,1-6H3,(H,38,39,40). The Morgan fingerprint density at radius 3 is 2.37 bits per heavy atom. The smallest absolute Gasteiger partial charge is 0.421 e. The molecule has 0 aliphatic carbocycles. The van der Waals surface area contributed by atoms with Crippen LogP contribution in [-0.2, 0) is 6.54 Å². The van der Waals surface area contributed by atoms with E-state index in [1.54, 1.807) is 65.0 Å². The molecule has 14 heteroatoms. The molecule has 1 amide bonds. The first-order valence-electron chi connectivity index (χ1n) is 16.6. The van der Waals surface area contributed by atoms with Crippen LogP contribution in [0.5, 0.6) is 34.5 Å². The van der Waals surface area contributed by atoms with Crippen molar-refractivity contribution in [2.75, 3.05) is 91.3 Å². The van der Waals surface area contributed by atoms with Crippen molar-refractivity contribution >= 4 is 35.3 Å². The van der Waals surface area contributed by atoms with E-state index in [9.17, 15) is 4.79 Å². The Hall–Kier alpha value is -4.92. The molecular weight excluding hydrogens is 673 g/mol. The fourth-order valence-electron chi connectivity index (χ4n) is 5.61. The topological polar surface area (TPSA) is 120 Å². The van der Waals surface area contributed by atoms with Crippen LogP contribution >= 0.6 is 11.8 Å². The highest BCUT2D eigenvalue weighted by Crippen LogP contribution is 2.41. The number of ether oxygens (including phenoxy) is 6. The molecule has 272 valence electrons. The average Bonchev–Trinajstić information content (AvgIpc) is 3.16. The number of hydrogen-bond acceptors (Lipinski definition) is 13. The van der Waals surface area contributed by atoms with Crippen molar-refractivity contribution in [3.63, 3.8) is 0 Å². The molecule has 1 aliphatic heterocycles. The zero-order chi connectivity index (χ0) is 36.2. The van der Waals surface area contributed by atoms with E-state index in [-0.39, 0.29) is 12.5 Å². The Bertz CT molecular complexity index is 1750. The molecular formula is C37H46N6O7S. The van der Waals surface area contributed by atoms with E-state index in [0.717, 1.165) is 44.0 Å². The first kappa shape index (κ1) is 37.3. The Morgan fingerprint density at radius 1 is 0.882 bits per heavy atom. The maximum absolute atomic E-state index is 13.9. The number of amides is 1. The molecule has 1 aromatic heterocycles. The van der Waals surface area contributed by atoms with Gasteiger partial charge < -0.3 is 43.5 Å². The summed E-state index contributed by atoms with van der Waals surface area (Å²) in [4.78, 5) is 30.2. The van der Waals surface area contributed by atoms with E-state index in [1.165, 1.54) is 16.7 Å². The summed E-state index contributed by atoms with van der Waals surface area (Å²) >= 11 is 1.48. The summed E-state index contributed by atoms with van der Waals surface area (Å²) in [5.74, 6) is 3.66. The molecule has 0 unspecified atom stereocenters. The van der Waals surface area contributed by atoms with Crippen molar-refractivity contribution in [3.8, 4) is 34.5 Å².